The Labute approximate surface area is 188 Å². The van der Waals surface area contributed by atoms with Gasteiger partial charge in [0.15, 0.2) is 0 Å². The maximum atomic E-state index is 13.4. The van der Waals surface area contributed by atoms with Gasteiger partial charge in [-0.05, 0) is 55.5 Å². The minimum Gasteiger partial charge on any atom is -0.347 e. The summed E-state index contributed by atoms with van der Waals surface area (Å²) in [4.78, 5) is 30.3. The summed E-state index contributed by atoms with van der Waals surface area (Å²) in [6.07, 6.45) is 6.05. The fourth-order valence-corrected chi connectivity index (χ4v) is 4.12. The molecule has 0 bridgehead atoms. The van der Waals surface area contributed by atoms with Gasteiger partial charge in [0.25, 0.3) is 5.91 Å². The van der Waals surface area contributed by atoms with Crippen molar-refractivity contribution in [3.8, 4) is 0 Å². The summed E-state index contributed by atoms with van der Waals surface area (Å²) in [5.74, 6) is 0.535. The lowest BCUT2D eigenvalue weighted by atomic mass is 9.93. The monoisotopic (exact) mass is 433 g/mol. The summed E-state index contributed by atoms with van der Waals surface area (Å²) in [6.45, 7) is 3.20. The molecule has 1 amide bonds. The first kappa shape index (κ1) is 21.9. The number of amides is 1. The van der Waals surface area contributed by atoms with Gasteiger partial charge in [-0.15, -0.1) is 0 Å². The molecule has 1 atom stereocenters. The van der Waals surface area contributed by atoms with Gasteiger partial charge in [0.1, 0.15) is 5.82 Å². The molecule has 1 aromatic carbocycles. The van der Waals surface area contributed by atoms with Gasteiger partial charge < -0.3 is 9.80 Å². The lowest BCUT2D eigenvalue weighted by Crippen LogP contribution is -2.39. The molecule has 2 aromatic heterocycles. The Bertz CT molecular complexity index is 1100. The van der Waals surface area contributed by atoms with Crippen molar-refractivity contribution in [3.63, 3.8) is 0 Å². The van der Waals surface area contributed by atoms with Crippen LogP contribution >= 0.6 is 0 Å². The van der Waals surface area contributed by atoms with Crippen LogP contribution in [0.3, 0.4) is 0 Å². The average molecular weight is 434 g/mol. The Balaban J connectivity index is 1.44. The van der Waals surface area contributed by atoms with Crippen LogP contribution in [0, 0.1) is 12.7 Å². The normalized spacial score (nSPS) is 16.1. The van der Waals surface area contributed by atoms with Crippen LogP contribution in [0.4, 0.5) is 10.3 Å². The number of benzene rings is 1. The van der Waals surface area contributed by atoms with Crippen molar-refractivity contribution in [1.82, 2.24) is 19.9 Å². The number of aryl methyl sites for hydroxylation is 1. The number of rotatable bonds is 5. The molecule has 0 aliphatic carbocycles. The molecule has 0 saturated carbocycles. The van der Waals surface area contributed by atoms with Gasteiger partial charge in [-0.25, -0.2) is 14.4 Å². The first-order chi connectivity index (χ1) is 15.4. The summed E-state index contributed by atoms with van der Waals surface area (Å²) < 4.78 is 13.4. The number of halogens is 1. The number of anilines is 1. The van der Waals surface area contributed by atoms with Crippen molar-refractivity contribution < 1.29 is 9.18 Å². The van der Waals surface area contributed by atoms with Gasteiger partial charge in [-0.3, -0.25) is 9.78 Å². The van der Waals surface area contributed by atoms with E-state index in [0.717, 1.165) is 36.2 Å². The molecule has 7 heteroatoms. The largest absolute Gasteiger partial charge is 0.347 e. The summed E-state index contributed by atoms with van der Waals surface area (Å²) in [5.41, 5.74) is 4.19. The van der Waals surface area contributed by atoms with Crippen molar-refractivity contribution in [2.75, 3.05) is 32.1 Å². The first-order valence-electron chi connectivity index (χ1n) is 10.9. The highest BCUT2D eigenvalue weighted by atomic mass is 19.1. The van der Waals surface area contributed by atoms with Crippen LogP contribution in [-0.2, 0) is 6.42 Å². The van der Waals surface area contributed by atoms with E-state index >= 15 is 0 Å². The Morgan fingerprint density at radius 1 is 1.16 bits per heavy atom. The summed E-state index contributed by atoms with van der Waals surface area (Å²) >= 11 is 0. The van der Waals surface area contributed by atoms with Crippen LogP contribution in [0.5, 0.6) is 0 Å². The number of piperidine rings is 1. The molecule has 1 fully saturated rings. The van der Waals surface area contributed by atoms with E-state index in [1.165, 1.54) is 6.07 Å². The van der Waals surface area contributed by atoms with Crippen LogP contribution in [0.15, 0.2) is 48.8 Å². The average Bonchev–Trinajstić information content (AvgIpc) is 2.79. The summed E-state index contributed by atoms with van der Waals surface area (Å²) in [7, 11) is 3.75. The second-order valence-corrected chi connectivity index (χ2v) is 8.55. The van der Waals surface area contributed by atoms with E-state index in [2.05, 4.69) is 15.0 Å². The summed E-state index contributed by atoms with van der Waals surface area (Å²) in [5, 5.41) is 0. The highest BCUT2D eigenvalue weighted by Crippen LogP contribution is 2.27. The smallest absolute Gasteiger partial charge is 0.257 e. The number of nitrogens with zero attached hydrogens (tertiary/aromatic N) is 5. The second kappa shape index (κ2) is 9.42. The molecule has 3 aromatic rings. The standard InChI is InChI=1S/C25H28FN5O/c1-17-22(15-28-25(29-17)30(2)3)24(32)31-11-5-7-20(16-31)23-10-9-19(14-27-23)12-18-6-4-8-21(26)13-18/h4,6,8-10,13-15,20H,5,7,11-12,16H2,1-3H3. The van der Waals surface area contributed by atoms with E-state index in [-0.39, 0.29) is 17.6 Å². The Morgan fingerprint density at radius 2 is 2.00 bits per heavy atom. The SMILES string of the molecule is Cc1nc(N(C)C)ncc1C(=O)N1CCCC(c2ccc(Cc3cccc(F)c3)cn2)C1. The number of carbonyl (C=O) groups is 1. The molecular weight excluding hydrogens is 405 g/mol. The molecular formula is C25H28FN5O. The zero-order valence-corrected chi connectivity index (χ0v) is 18.8. The lowest BCUT2D eigenvalue weighted by Gasteiger charge is -2.32. The molecule has 6 nitrogen and oxygen atoms in total. The number of hydrogen-bond donors (Lipinski definition) is 0. The van der Waals surface area contributed by atoms with E-state index < -0.39 is 0 Å². The van der Waals surface area contributed by atoms with Gasteiger partial charge in [0.05, 0.1) is 11.3 Å². The van der Waals surface area contributed by atoms with Crippen molar-refractivity contribution in [1.29, 1.82) is 0 Å². The number of carbonyl (C=O) groups excluding carboxylic acids is 1. The Morgan fingerprint density at radius 3 is 2.69 bits per heavy atom. The number of hydrogen-bond acceptors (Lipinski definition) is 5. The van der Waals surface area contributed by atoms with E-state index in [9.17, 15) is 9.18 Å². The molecule has 0 spiro atoms. The fourth-order valence-electron chi connectivity index (χ4n) is 4.12. The van der Waals surface area contributed by atoms with Gasteiger partial charge >= 0.3 is 0 Å². The van der Waals surface area contributed by atoms with Crippen molar-refractivity contribution in [2.24, 2.45) is 0 Å². The van der Waals surface area contributed by atoms with Crippen LogP contribution in [0.2, 0.25) is 0 Å². The molecule has 4 rings (SSSR count). The third-order valence-corrected chi connectivity index (χ3v) is 5.87. The van der Waals surface area contributed by atoms with Crippen molar-refractivity contribution >= 4 is 11.9 Å². The highest BCUT2D eigenvalue weighted by Gasteiger charge is 2.27. The lowest BCUT2D eigenvalue weighted by molar-refractivity contribution is 0.0704. The zero-order valence-electron chi connectivity index (χ0n) is 18.8. The van der Waals surface area contributed by atoms with E-state index in [0.29, 0.717) is 30.2 Å². The maximum absolute atomic E-state index is 13.4. The third-order valence-electron chi connectivity index (χ3n) is 5.87. The quantitative estimate of drug-likeness (QED) is 0.609. The summed E-state index contributed by atoms with van der Waals surface area (Å²) in [6, 6.07) is 10.7. The van der Waals surface area contributed by atoms with E-state index in [1.54, 1.807) is 18.3 Å². The zero-order chi connectivity index (χ0) is 22.7. The minimum absolute atomic E-state index is 0.0276. The fraction of sp³-hybridized carbons (Fsp3) is 0.360. The Hall–Kier alpha value is -3.35. The number of likely N-dealkylation sites (tertiary alicyclic amines) is 1. The molecule has 1 aliphatic rings. The number of pyridine rings is 1. The van der Waals surface area contributed by atoms with Gasteiger partial charge in [-0.1, -0.05) is 18.2 Å². The molecule has 3 heterocycles. The molecule has 1 saturated heterocycles. The van der Waals surface area contributed by atoms with Crippen molar-refractivity contribution in [2.45, 2.75) is 32.1 Å². The van der Waals surface area contributed by atoms with E-state index in [4.69, 9.17) is 0 Å². The van der Waals surface area contributed by atoms with Crippen LogP contribution in [0.25, 0.3) is 0 Å². The van der Waals surface area contributed by atoms with Gasteiger partial charge in [0.2, 0.25) is 5.95 Å². The van der Waals surface area contributed by atoms with Crippen LogP contribution in [0.1, 0.15) is 51.6 Å². The maximum Gasteiger partial charge on any atom is 0.257 e. The van der Waals surface area contributed by atoms with Gasteiger partial charge in [-0.2, -0.15) is 0 Å². The number of aromatic nitrogens is 3. The minimum atomic E-state index is -0.226. The second-order valence-electron chi connectivity index (χ2n) is 8.55. The Kier molecular flexibility index (Phi) is 6.44. The predicted molar refractivity (Wildman–Crippen MR) is 122 cm³/mol. The molecule has 32 heavy (non-hydrogen) atoms. The van der Waals surface area contributed by atoms with Crippen LogP contribution in [-0.4, -0.2) is 52.9 Å². The van der Waals surface area contributed by atoms with E-state index in [1.807, 2.05) is 55.2 Å². The van der Waals surface area contributed by atoms with Crippen molar-refractivity contribution in [3.05, 3.63) is 82.7 Å². The highest BCUT2D eigenvalue weighted by molar-refractivity contribution is 5.95. The van der Waals surface area contributed by atoms with Crippen LogP contribution < -0.4 is 4.90 Å². The first-order valence-corrected chi connectivity index (χ1v) is 10.9. The molecule has 0 radical (unpaired) electrons. The predicted octanol–water partition coefficient (Wildman–Crippen LogP) is 4.00. The molecule has 166 valence electrons. The van der Waals surface area contributed by atoms with Gasteiger partial charge in [0, 0.05) is 51.2 Å². The molecule has 0 N–H and O–H groups in total. The third kappa shape index (κ3) is 4.93. The topological polar surface area (TPSA) is 62.2 Å². The molecule has 1 aliphatic heterocycles. The molecule has 1 unspecified atom stereocenters.